The molecule has 118 valence electrons. The summed E-state index contributed by atoms with van der Waals surface area (Å²) in [5, 5.41) is 3.24. The third-order valence-corrected chi connectivity index (χ3v) is 3.72. The molecule has 23 heavy (non-hydrogen) atoms. The smallest absolute Gasteiger partial charge is 0.268 e. The Morgan fingerprint density at radius 3 is 2.74 bits per heavy atom. The second-order valence-electron chi connectivity index (χ2n) is 5.21. The maximum absolute atomic E-state index is 12.4. The minimum Gasteiger partial charge on any atom is -0.479 e. The lowest BCUT2D eigenvalue weighted by atomic mass is 10.2. The molecule has 0 saturated carbocycles. The predicted octanol–water partition coefficient (Wildman–Crippen LogP) is 3.09. The van der Waals surface area contributed by atoms with Crippen LogP contribution in [-0.4, -0.2) is 24.5 Å². The highest BCUT2D eigenvalue weighted by Crippen LogP contribution is 2.36. The van der Waals surface area contributed by atoms with Crippen LogP contribution in [0.25, 0.3) is 0 Å². The monoisotopic (exact) mass is 330 g/mol. The van der Waals surface area contributed by atoms with Crippen LogP contribution < -0.4 is 15.0 Å². The van der Waals surface area contributed by atoms with Crippen molar-refractivity contribution in [2.24, 2.45) is 0 Å². The first-order valence-electron chi connectivity index (χ1n) is 7.17. The molecule has 6 heteroatoms. The average molecular weight is 331 g/mol. The number of ether oxygens (including phenoxy) is 1. The summed E-state index contributed by atoms with van der Waals surface area (Å²) in [6.07, 6.45) is -0.645. The molecule has 0 aromatic heterocycles. The number of nitrogens with one attached hydrogen (secondary N) is 1. The summed E-state index contributed by atoms with van der Waals surface area (Å²) in [6.45, 7) is 1.55. The first kappa shape index (κ1) is 15.4. The third-order valence-electron chi connectivity index (χ3n) is 3.49. The molecule has 1 aliphatic heterocycles. The average Bonchev–Trinajstić information content (AvgIpc) is 2.53. The number of hydrogen-bond donors (Lipinski definition) is 1. The van der Waals surface area contributed by atoms with Crippen LogP contribution in [0.1, 0.15) is 6.92 Å². The number of benzene rings is 2. The van der Waals surface area contributed by atoms with Crippen LogP contribution in [-0.2, 0) is 9.59 Å². The molecule has 1 unspecified atom stereocenters. The molecule has 0 spiro atoms. The summed E-state index contributed by atoms with van der Waals surface area (Å²) >= 11 is 6.00. The second kappa shape index (κ2) is 6.30. The van der Waals surface area contributed by atoms with E-state index in [9.17, 15) is 9.59 Å². The first-order valence-corrected chi connectivity index (χ1v) is 7.55. The van der Waals surface area contributed by atoms with Crippen molar-refractivity contribution in [3.63, 3.8) is 0 Å². The molecule has 0 saturated heterocycles. The van der Waals surface area contributed by atoms with Gasteiger partial charge < -0.3 is 10.1 Å². The van der Waals surface area contributed by atoms with Gasteiger partial charge in [0.05, 0.1) is 5.69 Å². The zero-order chi connectivity index (χ0) is 16.4. The van der Waals surface area contributed by atoms with E-state index in [1.165, 1.54) is 4.90 Å². The van der Waals surface area contributed by atoms with Crippen LogP contribution in [0, 0.1) is 0 Å². The van der Waals surface area contributed by atoms with Gasteiger partial charge in [0.25, 0.3) is 5.91 Å². The van der Waals surface area contributed by atoms with E-state index in [0.717, 1.165) is 0 Å². The summed E-state index contributed by atoms with van der Waals surface area (Å²) < 4.78 is 5.55. The molecule has 1 atom stereocenters. The Bertz CT molecular complexity index is 749. The van der Waals surface area contributed by atoms with E-state index in [1.807, 2.05) is 18.2 Å². The number of carbonyl (C=O) groups is 2. The summed E-state index contributed by atoms with van der Waals surface area (Å²) in [4.78, 5) is 26.0. The number of carbonyl (C=O) groups excluding carboxylic acids is 2. The van der Waals surface area contributed by atoms with E-state index >= 15 is 0 Å². The molecule has 0 aliphatic carbocycles. The van der Waals surface area contributed by atoms with Crippen LogP contribution in [0.3, 0.4) is 0 Å². The number of anilines is 2. The fourth-order valence-electron chi connectivity index (χ4n) is 2.41. The highest BCUT2D eigenvalue weighted by Gasteiger charge is 2.32. The lowest BCUT2D eigenvalue weighted by molar-refractivity contribution is -0.127. The lowest BCUT2D eigenvalue weighted by Gasteiger charge is -2.32. The van der Waals surface area contributed by atoms with E-state index < -0.39 is 6.10 Å². The summed E-state index contributed by atoms with van der Waals surface area (Å²) in [5.74, 6) is -0.0263. The molecule has 3 rings (SSSR count). The highest BCUT2D eigenvalue weighted by atomic mass is 35.5. The van der Waals surface area contributed by atoms with Crippen LogP contribution >= 0.6 is 11.6 Å². The molecule has 2 amide bonds. The molecule has 0 fully saturated rings. The molecule has 1 N–H and O–H groups in total. The zero-order valence-corrected chi connectivity index (χ0v) is 13.2. The Kier molecular flexibility index (Phi) is 4.21. The van der Waals surface area contributed by atoms with Gasteiger partial charge in [-0.15, -0.1) is 0 Å². The largest absolute Gasteiger partial charge is 0.479 e. The van der Waals surface area contributed by atoms with E-state index in [2.05, 4.69) is 5.32 Å². The Morgan fingerprint density at radius 2 is 2.00 bits per heavy atom. The topological polar surface area (TPSA) is 58.6 Å². The van der Waals surface area contributed by atoms with Crippen molar-refractivity contribution in [3.8, 4) is 5.75 Å². The maximum atomic E-state index is 12.4. The van der Waals surface area contributed by atoms with Gasteiger partial charge in [0.2, 0.25) is 5.91 Å². The van der Waals surface area contributed by atoms with E-state index in [1.54, 1.807) is 37.3 Å². The molecule has 2 aromatic carbocycles. The number of nitrogens with zero attached hydrogens (tertiary/aromatic N) is 1. The predicted molar refractivity (Wildman–Crippen MR) is 89.0 cm³/mol. The number of hydrogen-bond acceptors (Lipinski definition) is 3. The van der Waals surface area contributed by atoms with Gasteiger partial charge >= 0.3 is 0 Å². The van der Waals surface area contributed by atoms with Gasteiger partial charge in [-0.1, -0.05) is 29.8 Å². The first-order chi connectivity index (χ1) is 11.0. The van der Waals surface area contributed by atoms with Crippen molar-refractivity contribution in [1.82, 2.24) is 0 Å². The van der Waals surface area contributed by atoms with E-state index in [-0.39, 0.29) is 18.4 Å². The molecular weight excluding hydrogens is 316 g/mol. The van der Waals surface area contributed by atoms with Crippen molar-refractivity contribution < 1.29 is 14.3 Å². The minimum atomic E-state index is -0.645. The molecule has 0 radical (unpaired) electrons. The summed E-state index contributed by atoms with van der Waals surface area (Å²) in [7, 11) is 0. The molecule has 5 nitrogen and oxygen atoms in total. The summed E-state index contributed by atoms with van der Waals surface area (Å²) in [5.41, 5.74) is 1.18. The Morgan fingerprint density at radius 1 is 1.26 bits per heavy atom. The Balaban J connectivity index is 1.82. The van der Waals surface area contributed by atoms with Crippen LogP contribution in [0.15, 0.2) is 48.5 Å². The molecular formula is C17H15ClN2O3. The zero-order valence-electron chi connectivity index (χ0n) is 12.5. The lowest BCUT2D eigenvalue weighted by Crippen LogP contribution is -2.47. The maximum Gasteiger partial charge on any atom is 0.268 e. The minimum absolute atomic E-state index is 0.102. The van der Waals surface area contributed by atoms with Crippen LogP contribution in [0.5, 0.6) is 5.75 Å². The van der Waals surface area contributed by atoms with Crippen LogP contribution in [0.2, 0.25) is 5.02 Å². The Hall–Kier alpha value is -2.53. The van der Waals surface area contributed by atoms with Crippen molar-refractivity contribution in [2.45, 2.75) is 13.0 Å². The quantitative estimate of drug-likeness (QED) is 0.940. The summed E-state index contributed by atoms with van der Waals surface area (Å²) in [6, 6.07) is 14.1. The number of rotatable bonds is 3. The molecule has 0 bridgehead atoms. The van der Waals surface area contributed by atoms with Gasteiger partial charge in [-0.25, -0.2) is 0 Å². The molecule has 2 aromatic rings. The number of para-hydroxylation sites is 1. The van der Waals surface area contributed by atoms with Crippen molar-refractivity contribution in [1.29, 1.82) is 0 Å². The van der Waals surface area contributed by atoms with Crippen molar-refractivity contribution in [3.05, 3.63) is 53.6 Å². The van der Waals surface area contributed by atoms with Gasteiger partial charge in [-0.05, 0) is 37.3 Å². The van der Waals surface area contributed by atoms with Crippen molar-refractivity contribution in [2.75, 3.05) is 16.8 Å². The SMILES string of the molecule is CC1Oc2ccc(Cl)cc2N(CC(=O)Nc2ccccc2)C1=O. The molecule has 1 aliphatic rings. The van der Waals surface area contributed by atoms with Gasteiger partial charge in [0.1, 0.15) is 12.3 Å². The van der Waals surface area contributed by atoms with E-state index in [0.29, 0.717) is 22.1 Å². The standard InChI is InChI=1S/C17H15ClN2O3/c1-11-17(22)20(14-9-12(18)7-8-15(14)23-11)10-16(21)19-13-5-3-2-4-6-13/h2-9,11H,10H2,1H3,(H,19,21). The van der Waals surface area contributed by atoms with E-state index in [4.69, 9.17) is 16.3 Å². The Labute approximate surface area is 138 Å². The number of fused-ring (bicyclic) bond motifs is 1. The van der Waals surface area contributed by atoms with Gasteiger partial charge in [0.15, 0.2) is 6.10 Å². The van der Waals surface area contributed by atoms with Gasteiger partial charge in [-0.2, -0.15) is 0 Å². The van der Waals surface area contributed by atoms with Gasteiger partial charge in [-0.3, -0.25) is 14.5 Å². The van der Waals surface area contributed by atoms with Gasteiger partial charge in [0, 0.05) is 10.7 Å². The molecule has 1 heterocycles. The third kappa shape index (κ3) is 3.29. The van der Waals surface area contributed by atoms with Crippen LogP contribution in [0.4, 0.5) is 11.4 Å². The normalized spacial score (nSPS) is 16.5. The number of amides is 2. The fourth-order valence-corrected chi connectivity index (χ4v) is 2.58. The van der Waals surface area contributed by atoms with Crippen molar-refractivity contribution >= 4 is 34.8 Å². The second-order valence-corrected chi connectivity index (χ2v) is 5.65. The highest BCUT2D eigenvalue weighted by molar-refractivity contribution is 6.31. The fraction of sp³-hybridized carbons (Fsp3) is 0.176. The number of halogens is 1.